The highest BCUT2D eigenvalue weighted by atomic mass is 35.5. The Labute approximate surface area is 218 Å². The fourth-order valence-electron chi connectivity index (χ4n) is 5.25. The first kappa shape index (κ1) is 25.0. The number of sulfone groups is 1. The minimum atomic E-state index is -3.68. The lowest BCUT2D eigenvalue weighted by Gasteiger charge is -2.29. The predicted octanol–water partition coefficient (Wildman–Crippen LogP) is 6.13. The van der Waals surface area contributed by atoms with E-state index < -0.39 is 9.84 Å². The quantitative estimate of drug-likeness (QED) is 0.354. The number of hydrogen-bond donors (Lipinski definition) is 0. The van der Waals surface area contributed by atoms with Crippen molar-refractivity contribution in [2.75, 3.05) is 0 Å². The highest BCUT2D eigenvalue weighted by Crippen LogP contribution is 2.35. The number of benzene rings is 2. The zero-order valence-corrected chi connectivity index (χ0v) is 22.1. The summed E-state index contributed by atoms with van der Waals surface area (Å²) in [5.74, 6) is -0.174. The second kappa shape index (κ2) is 10.4. The van der Waals surface area contributed by atoms with E-state index in [4.69, 9.17) is 11.6 Å². The number of nitrogens with zero attached hydrogens (tertiary/aromatic N) is 3. The van der Waals surface area contributed by atoms with Crippen molar-refractivity contribution in [2.45, 2.75) is 81.4 Å². The molecule has 8 heteroatoms. The van der Waals surface area contributed by atoms with Gasteiger partial charge in [-0.2, -0.15) is 0 Å². The van der Waals surface area contributed by atoms with E-state index in [9.17, 15) is 13.2 Å². The van der Waals surface area contributed by atoms with Gasteiger partial charge in [0.25, 0.3) is 5.91 Å². The van der Waals surface area contributed by atoms with E-state index in [-0.39, 0.29) is 28.9 Å². The van der Waals surface area contributed by atoms with Crippen LogP contribution in [0.5, 0.6) is 0 Å². The maximum atomic E-state index is 13.6. The molecule has 190 valence electrons. The van der Waals surface area contributed by atoms with E-state index in [1.54, 1.807) is 30.5 Å². The van der Waals surface area contributed by atoms with Gasteiger partial charge in [-0.05, 0) is 56.4 Å². The number of rotatable bonds is 8. The van der Waals surface area contributed by atoms with Crippen molar-refractivity contribution in [2.24, 2.45) is 0 Å². The van der Waals surface area contributed by atoms with Crippen molar-refractivity contribution >= 4 is 27.3 Å². The fourth-order valence-corrected chi connectivity index (χ4v) is 6.97. The molecule has 0 bridgehead atoms. The summed E-state index contributed by atoms with van der Waals surface area (Å²) in [6.45, 7) is 2.29. The molecule has 1 amide bonds. The number of imidazole rings is 1. The minimum Gasteiger partial charge on any atom is -0.330 e. The molecule has 36 heavy (non-hydrogen) atoms. The Kier molecular flexibility index (Phi) is 7.22. The van der Waals surface area contributed by atoms with Crippen LogP contribution in [0, 0.1) is 6.92 Å². The predicted molar refractivity (Wildman–Crippen MR) is 141 cm³/mol. The zero-order valence-electron chi connectivity index (χ0n) is 20.6. The molecule has 3 aromatic rings. The Morgan fingerprint density at radius 3 is 2.50 bits per heavy atom. The summed E-state index contributed by atoms with van der Waals surface area (Å²) in [5, 5.41) is 0.644. The lowest BCUT2D eigenvalue weighted by molar-refractivity contribution is 0.0723. The number of aryl methyl sites for hydroxylation is 1. The topological polar surface area (TPSA) is 72.3 Å². The Balaban J connectivity index is 1.49. The third-order valence-electron chi connectivity index (χ3n) is 7.15. The minimum absolute atomic E-state index is 0.0702. The van der Waals surface area contributed by atoms with Gasteiger partial charge in [0.05, 0.1) is 24.2 Å². The normalized spacial score (nSPS) is 16.7. The molecule has 2 aliphatic carbocycles. The van der Waals surface area contributed by atoms with Crippen molar-refractivity contribution in [3.05, 3.63) is 82.1 Å². The lowest BCUT2D eigenvalue weighted by atomic mass is 9.95. The molecule has 0 N–H and O–H groups in total. The number of amides is 1. The van der Waals surface area contributed by atoms with Crippen LogP contribution in [0.4, 0.5) is 0 Å². The molecule has 2 fully saturated rings. The lowest BCUT2D eigenvalue weighted by Crippen LogP contribution is -2.34. The van der Waals surface area contributed by atoms with E-state index in [0.29, 0.717) is 17.1 Å². The average molecular weight is 526 g/mol. The van der Waals surface area contributed by atoms with Gasteiger partial charge in [0.2, 0.25) is 15.0 Å². The van der Waals surface area contributed by atoms with Crippen LogP contribution in [-0.2, 0) is 22.1 Å². The Morgan fingerprint density at radius 2 is 1.81 bits per heavy atom. The Hall–Kier alpha value is -2.64. The van der Waals surface area contributed by atoms with Crippen LogP contribution < -0.4 is 0 Å². The van der Waals surface area contributed by atoms with E-state index >= 15 is 0 Å². The monoisotopic (exact) mass is 525 g/mol. The van der Waals surface area contributed by atoms with Crippen LogP contribution in [0.1, 0.15) is 78.2 Å². The number of carbonyl (C=O) groups is 1. The van der Waals surface area contributed by atoms with Crippen molar-refractivity contribution in [3.8, 4) is 0 Å². The second-order valence-corrected chi connectivity index (χ2v) is 12.4. The second-order valence-electron chi connectivity index (χ2n) is 10.1. The van der Waals surface area contributed by atoms with Crippen molar-refractivity contribution < 1.29 is 13.2 Å². The van der Waals surface area contributed by atoms with Gasteiger partial charge < -0.3 is 9.47 Å². The van der Waals surface area contributed by atoms with Crippen molar-refractivity contribution in [1.82, 2.24) is 14.5 Å². The molecule has 0 aliphatic heterocycles. The van der Waals surface area contributed by atoms with Gasteiger partial charge >= 0.3 is 0 Å². The average Bonchev–Trinajstić information content (AvgIpc) is 3.60. The molecule has 2 saturated carbocycles. The molecule has 6 nitrogen and oxygen atoms in total. The number of halogens is 1. The molecule has 0 radical (unpaired) electrons. The molecule has 0 spiro atoms. The molecule has 1 heterocycles. The summed E-state index contributed by atoms with van der Waals surface area (Å²) >= 11 is 6.15. The van der Waals surface area contributed by atoms with E-state index in [1.165, 1.54) is 0 Å². The van der Waals surface area contributed by atoms with Crippen LogP contribution in [-0.4, -0.2) is 34.8 Å². The number of carbonyl (C=O) groups excluding carboxylic acids is 1. The third-order valence-corrected chi connectivity index (χ3v) is 8.96. The van der Waals surface area contributed by atoms with Crippen LogP contribution in [0.2, 0.25) is 5.02 Å². The SMILES string of the molecule is Cc1cccc(CS(=O)(=O)c2ncc(CN(C(=O)c3cccc(Cl)c3)C3CC3)n2C2CCCCC2)c1. The van der Waals surface area contributed by atoms with Gasteiger partial charge in [0.15, 0.2) is 0 Å². The maximum absolute atomic E-state index is 13.6. The van der Waals surface area contributed by atoms with E-state index in [2.05, 4.69) is 4.98 Å². The number of hydrogen-bond acceptors (Lipinski definition) is 4. The number of aromatic nitrogens is 2. The summed E-state index contributed by atoms with van der Waals surface area (Å²) < 4.78 is 29.2. The largest absolute Gasteiger partial charge is 0.330 e. The van der Waals surface area contributed by atoms with Gasteiger partial charge in [-0.25, -0.2) is 13.4 Å². The first-order valence-corrected chi connectivity index (χ1v) is 14.8. The third kappa shape index (κ3) is 5.52. The van der Waals surface area contributed by atoms with Gasteiger partial charge in [-0.3, -0.25) is 4.79 Å². The van der Waals surface area contributed by atoms with Gasteiger partial charge in [0.1, 0.15) is 0 Å². The van der Waals surface area contributed by atoms with Crippen molar-refractivity contribution in [3.63, 3.8) is 0 Å². The Morgan fingerprint density at radius 1 is 1.06 bits per heavy atom. The van der Waals surface area contributed by atoms with E-state index in [0.717, 1.165) is 61.8 Å². The van der Waals surface area contributed by atoms with Crippen molar-refractivity contribution in [1.29, 1.82) is 0 Å². The standard InChI is InChI=1S/C28H32ClN3O3S/c1-20-7-5-8-21(15-20)19-36(34,35)28-30-17-26(32(28)25-11-3-2-4-12-25)18-31(24-13-14-24)27(33)22-9-6-10-23(29)16-22/h5-10,15-17,24-25H,2-4,11-14,18-19H2,1H3. The molecular formula is C28H32ClN3O3S. The fraction of sp³-hybridized carbons (Fsp3) is 0.429. The molecule has 2 aromatic carbocycles. The summed E-state index contributed by atoms with van der Waals surface area (Å²) in [6, 6.07) is 14.8. The summed E-state index contributed by atoms with van der Waals surface area (Å²) in [7, 11) is -3.68. The summed E-state index contributed by atoms with van der Waals surface area (Å²) in [6.07, 6.45) is 8.68. The molecule has 1 aromatic heterocycles. The van der Waals surface area contributed by atoms with Crippen LogP contribution in [0.3, 0.4) is 0 Å². The van der Waals surface area contributed by atoms with Gasteiger partial charge in [0, 0.05) is 22.7 Å². The van der Waals surface area contributed by atoms with Gasteiger partial charge in [-0.1, -0.05) is 66.8 Å². The van der Waals surface area contributed by atoms with E-state index in [1.807, 2.05) is 40.7 Å². The molecule has 0 unspecified atom stereocenters. The zero-order chi connectivity index (χ0) is 25.3. The first-order chi connectivity index (χ1) is 17.3. The molecule has 2 aliphatic rings. The smallest absolute Gasteiger partial charge is 0.254 e. The summed E-state index contributed by atoms with van der Waals surface area (Å²) in [5.41, 5.74) is 3.11. The highest BCUT2D eigenvalue weighted by molar-refractivity contribution is 7.90. The highest BCUT2D eigenvalue weighted by Gasteiger charge is 2.36. The van der Waals surface area contributed by atoms with Crippen LogP contribution in [0.15, 0.2) is 59.9 Å². The van der Waals surface area contributed by atoms with Gasteiger partial charge in [-0.15, -0.1) is 0 Å². The van der Waals surface area contributed by atoms with Crippen LogP contribution >= 0.6 is 11.6 Å². The first-order valence-electron chi connectivity index (χ1n) is 12.7. The molecular weight excluding hydrogens is 494 g/mol. The van der Waals surface area contributed by atoms with Crippen LogP contribution in [0.25, 0.3) is 0 Å². The summed E-state index contributed by atoms with van der Waals surface area (Å²) in [4.78, 5) is 19.8. The molecule has 0 saturated heterocycles. The Bertz CT molecular complexity index is 1360. The molecule has 5 rings (SSSR count). The molecule has 0 atom stereocenters. The maximum Gasteiger partial charge on any atom is 0.254 e.